The molecule has 2 aromatic rings. The predicted octanol–water partition coefficient (Wildman–Crippen LogP) is 3.89. The number of fused-ring (bicyclic) bond motifs is 1. The highest BCUT2D eigenvalue weighted by Crippen LogP contribution is 2.32. The Bertz CT molecular complexity index is 871. The quantitative estimate of drug-likeness (QED) is 0.569. The maximum absolute atomic E-state index is 12.6. The minimum Gasteiger partial charge on any atom is -0.462 e. The normalized spacial score (nSPS) is 12.2. The first-order valence-corrected chi connectivity index (χ1v) is 10.6. The summed E-state index contributed by atoms with van der Waals surface area (Å²) in [5.41, 5.74) is 0.373. The van der Waals surface area contributed by atoms with Crippen LogP contribution in [0.4, 0.5) is 0 Å². The molecular weight excluding hydrogens is 390 g/mol. The van der Waals surface area contributed by atoms with Gasteiger partial charge >= 0.3 is 5.97 Å². The van der Waals surface area contributed by atoms with Crippen LogP contribution in [0.3, 0.4) is 0 Å². The summed E-state index contributed by atoms with van der Waals surface area (Å²) in [6.07, 6.45) is 0. The second-order valence-corrected chi connectivity index (χ2v) is 8.58. The Kier molecular flexibility index (Phi) is 7.19. The van der Waals surface area contributed by atoms with Crippen molar-refractivity contribution in [2.45, 2.75) is 39.9 Å². The van der Waals surface area contributed by atoms with Gasteiger partial charge in [0, 0.05) is 13.1 Å². The van der Waals surface area contributed by atoms with E-state index in [1.807, 2.05) is 6.92 Å². The fourth-order valence-corrected chi connectivity index (χ4v) is 5.21. The standard InChI is InChI=1S/C17H23N3O3S3/c1-6-20(7-2)17(24)25-10(5)13-18-14(21)11-9(4)12(16(22)23-8-3)26-15(11)19-13/h10H,6-8H2,1-5H3,(H,18,19,21). The molecule has 1 N–H and O–H groups in total. The molecule has 0 aliphatic heterocycles. The lowest BCUT2D eigenvalue weighted by Gasteiger charge is -2.22. The Labute approximate surface area is 166 Å². The van der Waals surface area contributed by atoms with Gasteiger partial charge in [0.25, 0.3) is 5.56 Å². The number of hydrogen-bond donors (Lipinski definition) is 1. The first-order valence-electron chi connectivity index (χ1n) is 8.49. The van der Waals surface area contributed by atoms with Crippen molar-refractivity contribution >= 4 is 55.8 Å². The predicted molar refractivity (Wildman–Crippen MR) is 112 cm³/mol. The van der Waals surface area contributed by atoms with Crippen molar-refractivity contribution in [1.29, 1.82) is 0 Å². The van der Waals surface area contributed by atoms with E-state index in [1.165, 1.54) is 23.1 Å². The molecule has 0 amide bonds. The van der Waals surface area contributed by atoms with Crippen molar-refractivity contribution in [3.63, 3.8) is 0 Å². The largest absolute Gasteiger partial charge is 0.462 e. The molecule has 6 nitrogen and oxygen atoms in total. The number of ether oxygens (including phenoxy) is 1. The van der Waals surface area contributed by atoms with E-state index in [0.29, 0.717) is 26.5 Å². The lowest BCUT2D eigenvalue weighted by molar-refractivity contribution is 0.0531. The fourth-order valence-electron chi connectivity index (χ4n) is 2.51. The van der Waals surface area contributed by atoms with Gasteiger partial charge in [-0.1, -0.05) is 24.0 Å². The molecule has 9 heteroatoms. The molecule has 2 heterocycles. The monoisotopic (exact) mass is 413 g/mol. The highest BCUT2D eigenvalue weighted by molar-refractivity contribution is 8.23. The van der Waals surface area contributed by atoms with Gasteiger partial charge in [-0.25, -0.2) is 9.78 Å². The molecule has 0 bridgehead atoms. The molecule has 2 aromatic heterocycles. The third-order valence-corrected chi connectivity index (χ3v) is 6.71. The van der Waals surface area contributed by atoms with Gasteiger partial charge in [-0.3, -0.25) is 4.79 Å². The molecule has 0 saturated heterocycles. The summed E-state index contributed by atoms with van der Waals surface area (Å²) < 4.78 is 5.84. The number of rotatable bonds is 6. The van der Waals surface area contributed by atoms with Crippen LogP contribution in [0.15, 0.2) is 4.79 Å². The number of aryl methyl sites for hydroxylation is 1. The number of carbonyl (C=O) groups excluding carboxylic acids is 1. The minimum absolute atomic E-state index is 0.103. The Morgan fingerprint density at radius 3 is 2.62 bits per heavy atom. The number of aromatic amines is 1. The number of thioether (sulfide) groups is 1. The van der Waals surface area contributed by atoms with Crippen LogP contribution in [0, 0.1) is 6.92 Å². The molecule has 0 radical (unpaired) electrons. The fraction of sp³-hybridized carbons (Fsp3) is 0.529. The maximum Gasteiger partial charge on any atom is 0.348 e. The SMILES string of the molecule is CCOC(=O)c1sc2nc(C(C)SC(=S)N(CC)CC)[nH]c(=O)c2c1C. The molecule has 0 aromatic carbocycles. The third kappa shape index (κ3) is 4.27. The summed E-state index contributed by atoms with van der Waals surface area (Å²) in [6, 6.07) is 0. The van der Waals surface area contributed by atoms with E-state index in [4.69, 9.17) is 17.0 Å². The molecule has 0 aliphatic carbocycles. The van der Waals surface area contributed by atoms with Crippen LogP contribution in [-0.4, -0.2) is 44.9 Å². The zero-order chi connectivity index (χ0) is 19.4. The van der Waals surface area contributed by atoms with Crippen molar-refractivity contribution in [2.75, 3.05) is 19.7 Å². The summed E-state index contributed by atoms with van der Waals surface area (Å²) in [4.78, 5) is 35.1. The first kappa shape index (κ1) is 20.9. The number of hydrogen-bond acceptors (Lipinski definition) is 7. The van der Waals surface area contributed by atoms with Gasteiger partial charge < -0.3 is 14.6 Å². The van der Waals surface area contributed by atoms with Crippen LogP contribution in [0.1, 0.15) is 54.0 Å². The van der Waals surface area contributed by atoms with Crippen LogP contribution in [0.25, 0.3) is 10.2 Å². The average Bonchev–Trinajstić information content (AvgIpc) is 2.93. The number of carbonyl (C=O) groups is 1. The first-order chi connectivity index (χ1) is 12.3. The van der Waals surface area contributed by atoms with E-state index in [2.05, 4.69) is 28.7 Å². The number of thiophene rings is 1. The van der Waals surface area contributed by atoms with Crippen molar-refractivity contribution in [3.05, 3.63) is 26.6 Å². The van der Waals surface area contributed by atoms with E-state index in [-0.39, 0.29) is 17.4 Å². The van der Waals surface area contributed by atoms with Gasteiger partial charge in [0.05, 0.1) is 17.2 Å². The molecular formula is C17H23N3O3S3. The molecule has 26 heavy (non-hydrogen) atoms. The molecule has 0 spiro atoms. The lowest BCUT2D eigenvalue weighted by atomic mass is 10.2. The number of thiocarbonyl (C=S) groups is 1. The van der Waals surface area contributed by atoms with Crippen LogP contribution in [-0.2, 0) is 4.74 Å². The zero-order valence-electron chi connectivity index (χ0n) is 15.5. The summed E-state index contributed by atoms with van der Waals surface area (Å²) in [5.74, 6) is 0.137. The van der Waals surface area contributed by atoms with Gasteiger partial charge in [0.1, 0.15) is 19.9 Å². The van der Waals surface area contributed by atoms with E-state index < -0.39 is 5.97 Å². The lowest BCUT2D eigenvalue weighted by Crippen LogP contribution is -2.27. The van der Waals surface area contributed by atoms with Crippen molar-refractivity contribution in [1.82, 2.24) is 14.9 Å². The Morgan fingerprint density at radius 2 is 2.04 bits per heavy atom. The molecule has 1 atom stereocenters. The highest BCUT2D eigenvalue weighted by atomic mass is 32.2. The number of nitrogens with zero attached hydrogens (tertiary/aromatic N) is 2. The van der Waals surface area contributed by atoms with Crippen LogP contribution >= 0.6 is 35.3 Å². The number of esters is 1. The Morgan fingerprint density at radius 1 is 1.38 bits per heavy atom. The van der Waals surface area contributed by atoms with Crippen molar-refractivity contribution in [2.24, 2.45) is 0 Å². The van der Waals surface area contributed by atoms with E-state index in [1.54, 1.807) is 13.8 Å². The number of aromatic nitrogens is 2. The molecule has 0 saturated carbocycles. The maximum atomic E-state index is 12.6. The highest BCUT2D eigenvalue weighted by Gasteiger charge is 2.22. The topological polar surface area (TPSA) is 75.3 Å². The smallest absolute Gasteiger partial charge is 0.348 e. The summed E-state index contributed by atoms with van der Waals surface area (Å²) in [7, 11) is 0. The molecule has 2 rings (SSSR count). The van der Waals surface area contributed by atoms with Gasteiger partial charge in [-0.15, -0.1) is 11.3 Å². The molecule has 1 unspecified atom stereocenters. The summed E-state index contributed by atoms with van der Waals surface area (Å²) >= 11 is 8.16. The summed E-state index contributed by atoms with van der Waals surface area (Å²) in [5, 5.41) is 0.346. The number of H-pyrrole nitrogens is 1. The average molecular weight is 414 g/mol. The van der Waals surface area contributed by atoms with Crippen LogP contribution in [0.5, 0.6) is 0 Å². The molecule has 0 fully saturated rings. The summed E-state index contributed by atoms with van der Waals surface area (Å²) in [6.45, 7) is 11.5. The van der Waals surface area contributed by atoms with Gasteiger partial charge in [0.15, 0.2) is 0 Å². The van der Waals surface area contributed by atoms with Gasteiger partial charge in [-0.05, 0) is 40.2 Å². The minimum atomic E-state index is -0.418. The molecule has 142 valence electrons. The van der Waals surface area contributed by atoms with Gasteiger partial charge in [-0.2, -0.15) is 0 Å². The second-order valence-electron chi connectivity index (χ2n) is 5.61. The second kappa shape index (κ2) is 8.96. The van der Waals surface area contributed by atoms with E-state index >= 15 is 0 Å². The van der Waals surface area contributed by atoms with Gasteiger partial charge in [0.2, 0.25) is 0 Å². The Balaban J connectivity index is 2.37. The van der Waals surface area contributed by atoms with Crippen molar-refractivity contribution < 1.29 is 9.53 Å². The Hall–Kier alpha value is -1.45. The van der Waals surface area contributed by atoms with Crippen molar-refractivity contribution in [3.8, 4) is 0 Å². The van der Waals surface area contributed by atoms with Crippen LogP contribution < -0.4 is 5.56 Å². The van der Waals surface area contributed by atoms with E-state index in [9.17, 15) is 9.59 Å². The van der Waals surface area contributed by atoms with E-state index in [0.717, 1.165) is 17.4 Å². The number of nitrogens with one attached hydrogen (secondary N) is 1. The molecule has 0 aliphatic rings. The zero-order valence-corrected chi connectivity index (χ0v) is 18.0. The third-order valence-electron chi connectivity index (χ3n) is 3.96. The van der Waals surface area contributed by atoms with Crippen LogP contribution in [0.2, 0.25) is 0 Å².